The monoisotopic (exact) mass is 279 g/mol. The Labute approximate surface area is 115 Å². The summed E-state index contributed by atoms with van der Waals surface area (Å²) >= 11 is 5.79. The van der Waals surface area contributed by atoms with Crippen molar-refractivity contribution in [2.24, 2.45) is 0 Å². The van der Waals surface area contributed by atoms with Crippen LogP contribution in [0.4, 0.5) is 0 Å². The summed E-state index contributed by atoms with van der Waals surface area (Å²) in [6, 6.07) is 4.39. The van der Waals surface area contributed by atoms with E-state index in [1.54, 1.807) is 12.5 Å². The molecular weight excluding hydrogens is 266 g/mol. The summed E-state index contributed by atoms with van der Waals surface area (Å²) in [5, 5.41) is 12.7. The van der Waals surface area contributed by atoms with E-state index in [0.29, 0.717) is 11.6 Å². The molecule has 5 nitrogen and oxygen atoms in total. The Morgan fingerprint density at radius 1 is 1.47 bits per heavy atom. The first-order valence-corrected chi connectivity index (χ1v) is 6.27. The Morgan fingerprint density at radius 2 is 2.32 bits per heavy atom. The second-order valence-corrected chi connectivity index (χ2v) is 4.51. The van der Waals surface area contributed by atoms with Crippen LogP contribution in [0.1, 0.15) is 16.8 Å². The first-order chi connectivity index (χ1) is 9.16. The van der Waals surface area contributed by atoms with Gasteiger partial charge in [-0.25, -0.2) is 4.98 Å². The number of hydrogen-bond donors (Lipinski definition) is 2. The van der Waals surface area contributed by atoms with Gasteiger partial charge in [0.2, 0.25) is 0 Å². The average Bonchev–Trinajstić information content (AvgIpc) is 2.90. The zero-order valence-electron chi connectivity index (χ0n) is 10.2. The number of phenols is 1. The highest BCUT2D eigenvalue weighted by atomic mass is 35.5. The zero-order valence-corrected chi connectivity index (χ0v) is 11.0. The zero-order chi connectivity index (χ0) is 13.7. The van der Waals surface area contributed by atoms with Crippen LogP contribution < -0.4 is 5.32 Å². The molecule has 0 radical (unpaired) electrons. The van der Waals surface area contributed by atoms with Gasteiger partial charge < -0.3 is 15.0 Å². The summed E-state index contributed by atoms with van der Waals surface area (Å²) < 4.78 is 1.93. The van der Waals surface area contributed by atoms with Crippen LogP contribution in [0.25, 0.3) is 0 Å². The number of carbonyl (C=O) groups is 1. The molecule has 0 aliphatic heterocycles. The predicted molar refractivity (Wildman–Crippen MR) is 72.3 cm³/mol. The molecule has 0 aliphatic carbocycles. The fourth-order valence-electron chi connectivity index (χ4n) is 1.67. The minimum absolute atomic E-state index is 0.0727. The molecule has 0 fully saturated rings. The van der Waals surface area contributed by atoms with Crippen molar-refractivity contribution in [3.63, 3.8) is 0 Å². The van der Waals surface area contributed by atoms with Gasteiger partial charge in [0.25, 0.3) is 5.91 Å². The molecule has 6 heteroatoms. The van der Waals surface area contributed by atoms with Crippen molar-refractivity contribution >= 4 is 17.5 Å². The molecule has 2 aromatic rings. The van der Waals surface area contributed by atoms with Gasteiger partial charge in [-0.2, -0.15) is 0 Å². The van der Waals surface area contributed by atoms with Crippen LogP contribution >= 0.6 is 11.6 Å². The van der Waals surface area contributed by atoms with Crippen LogP contribution in [0.5, 0.6) is 5.75 Å². The van der Waals surface area contributed by atoms with Crippen LogP contribution in [0.15, 0.2) is 36.9 Å². The Balaban J connectivity index is 1.82. The van der Waals surface area contributed by atoms with Gasteiger partial charge in [0.05, 0.1) is 11.9 Å². The van der Waals surface area contributed by atoms with Crippen LogP contribution in [-0.2, 0) is 6.54 Å². The van der Waals surface area contributed by atoms with E-state index < -0.39 is 0 Å². The predicted octanol–water partition coefficient (Wildman–Crippen LogP) is 2.06. The van der Waals surface area contributed by atoms with Gasteiger partial charge in [-0.1, -0.05) is 11.6 Å². The number of imidazole rings is 1. The highest BCUT2D eigenvalue weighted by Gasteiger charge is 2.10. The lowest BCUT2D eigenvalue weighted by atomic mass is 10.2. The lowest BCUT2D eigenvalue weighted by Gasteiger charge is -2.07. The van der Waals surface area contributed by atoms with E-state index in [1.165, 1.54) is 18.2 Å². The topological polar surface area (TPSA) is 67.2 Å². The standard InChI is InChI=1S/C13H14ClN3O2/c14-10-2-3-12(18)11(8-10)13(19)16-4-1-6-17-7-5-15-9-17/h2-3,5,7-9,18H,1,4,6H2,(H,16,19). The van der Waals surface area contributed by atoms with Gasteiger partial charge in [0.1, 0.15) is 5.75 Å². The number of halogens is 1. The van der Waals surface area contributed by atoms with Gasteiger partial charge in [0.15, 0.2) is 0 Å². The fourth-order valence-corrected chi connectivity index (χ4v) is 1.84. The third-order valence-corrected chi connectivity index (χ3v) is 2.88. The lowest BCUT2D eigenvalue weighted by molar-refractivity contribution is 0.0950. The highest BCUT2D eigenvalue weighted by Crippen LogP contribution is 2.21. The lowest BCUT2D eigenvalue weighted by Crippen LogP contribution is -2.25. The minimum Gasteiger partial charge on any atom is -0.507 e. The fraction of sp³-hybridized carbons (Fsp3) is 0.231. The molecule has 2 N–H and O–H groups in total. The third kappa shape index (κ3) is 3.72. The number of carbonyl (C=O) groups excluding carboxylic acids is 1. The largest absolute Gasteiger partial charge is 0.507 e. The molecule has 0 saturated carbocycles. The van der Waals surface area contributed by atoms with Crippen molar-refractivity contribution in [2.45, 2.75) is 13.0 Å². The van der Waals surface area contributed by atoms with Gasteiger partial charge >= 0.3 is 0 Å². The molecule has 0 aliphatic rings. The quantitative estimate of drug-likeness (QED) is 0.823. The van der Waals surface area contributed by atoms with Crippen molar-refractivity contribution in [1.82, 2.24) is 14.9 Å². The maximum Gasteiger partial charge on any atom is 0.255 e. The van der Waals surface area contributed by atoms with Crippen molar-refractivity contribution in [2.75, 3.05) is 6.54 Å². The molecule has 1 amide bonds. The molecule has 1 aromatic heterocycles. The molecule has 0 saturated heterocycles. The van der Waals surface area contributed by atoms with Crippen LogP contribution in [0.2, 0.25) is 5.02 Å². The highest BCUT2D eigenvalue weighted by molar-refractivity contribution is 6.31. The summed E-state index contributed by atoms with van der Waals surface area (Å²) in [5.41, 5.74) is 0.190. The van der Waals surface area contributed by atoms with Crippen molar-refractivity contribution < 1.29 is 9.90 Å². The summed E-state index contributed by atoms with van der Waals surface area (Å²) in [6.45, 7) is 1.30. The molecule has 0 unspecified atom stereocenters. The second kappa shape index (κ2) is 6.24. The molecule has 2 rings (SSSR count). The molecule has 1 heterocycles. The van der Waals surface area contributed by atoms with Crippen LogP contribution in [0.3, 0.4) is 0 Å². The van der Waals surface area contributed by atoms with Gasteiger partial charge in [-0.3, -0.25) is 4.79 Å². The Hall–Kier alpha value is -2.01. The van der Waals surface area contributed by atoms with E-state index in [1.807, 2.05) is 10.8 Å². The number of nitrogens with zero attached hydrogens (tertiary/aromatic N) is 2. The van der Waals surface area contributed by atoms with E-state index in [-0.39, 0.29) is 17.2 Å². The number of rotatable bonds is 5. The maximum absolute atomic E-state index is 11.8. The summed E-state index contributed by atoms with van der Waals surface area (Å²) in [7, 11) is 0. The van der Waals surface area contributed by atoms with Crippen molar-refractivity contribution in [1.29, 1.82) is 0 Å². The number of aromatic hydroxyl groups is 1. The number of benzene rings is 1. The first kappa shape index (κ1) is 13.4. The molecule has 0 atom stereocenters. The second-order valence-electron chi connectivity index (χ2n) is 4.07. The van der Waals surface area contributed by atoms with E-state index in [0.717, 1.165) is 13.0 Å². The van der Waals surface area contributed by atoms with Crippen LogP contribution in [0, 0.1) is 0 Å². The number of hydrogen-bond acceptors (Lipinski definition) is 3. The first-order valence-electron chi connectivity index (χ1n) is 5.89. The van der Waals surface area contributed by atoms with Crippen molar-refractivity contribution in [3.8, 4) is 5.75 Å². The molecule has 0 spiro atoms. The summed E-state index contributed by atoms with van der Waals surface area (Å²) in [4.78, 5) is 15.8. The third-order valence-electron chi connectivity index (χ3n) is 2.64. The number of nitrogens with one attached hydrogen (secondary N) is 1. The van der Waals surface area contributed by atoms with Gasteiger partial charge in [-0.05, 0) is 24.6 Å². The number of aromatic nitrogens is 2. The summed E-state index contributed by atoms with van der Waals surface area (Å²) in [6.07, 6.45) is 6.08. The normalized spacial score (nSPS) is 10.4. The Morgan fingerprint density at radius 3 is 3.05 bits per heavy atom. The van der Waals surface area contributed by atoms with E-state index in [2.05, 4.69) is 10.3 Å². The molecular formula is C13H14ClN3O2. The molecule has 0 bridgehead atoms. The number of phenolic OH excluding ortho intramolecular Hbond substituents is 1. The Bertz CT molecular complexity index is 555. The maximum atomic E-state index is 11.8. The smallest absolute Gasteiger partial charge is 0.255 e. The SMILES string of the molecule is O=C(NCCCn1ccnc1)c1cc(Cl)ccc1O. The van der Waals surface area contributed by atoms with E-state index in [4.69, 9.17) is 11.6 Å². The average molecular weight is 280 g/mol. The molecule has 100 valence electrons. The van der Waals surface area contributed by atoms with E-state index >= 15 is 0 Å². The van der Waals surface area contributed by atoms with E-state index in [9.17, 15) is 9.90 Å². The molecule has 1 aromatic carbocycles. The minimum atomic E-state index is -0.328. The number of aryl methyl sites for hydroxylation is 1. The van der Waals surface area contributed by atoms with Gasteiger partial charge in [0, 0.05) is 30.5 Å². The summed E-state index contributed by atoms with van der Waals surface area (Å²) in [5.74, 6) is -0.401. The molecule has 19 heavy (non-hydrogen) atoms. The van der Waals surface area contributed by atoms with Crippen LogP contribution in [-0.4, -0.2) is 27.1 Å². The Kier molecular flexibility index (Phi) is 4.41. The van der Waals surface area contributed by atoms with Gasteiger partial charge in [-0.15, -0.1) is 0 Å². The van der Waals surface area contributed by atoms with Crippen molar-refractivity contribution in [3.05, 3.63) is 47.5 Å². The number of amides is 1.